The van der Waals surface area contributed by atoms with E-state index in [0.717, 1.165) is 12.8 Å². The van der Waals surface area contributed by atoms with Crippen LogP contribution in [0.25, 0.3) is 0 Å². The van der Waals surface area contributed by atoms with Gasteiger partial charge in [-0.15, -0.1) is 0 Å². The fourth-order valence-electron chi connectivity index (χ4n) is 1.79. The molecule has 1 unspecified atom stereocenters. The van der Waals surface area contributed by atoms with Crippen LogP contribution in [0.15, 0.2) is 30.3 Å². The number of para-hydroxylation sites is 1. The SMILES string of the molecule is O=C(CNC(=O)C1CCCO1)Nc1ccccc1. The van der Waals surface area contributed by atoms with Crippen LogP contribution < -0.4 is 10.6 Å². The molecule has 1 aromatic carbocycles. The predicted octanol–water partition coefficient (Wildman–Crippen LogP) is 0.920. The molecule has 1 fully saturated rings. The Bertz CT molecular complexity index is 414. The second-order valence-electron chi connectivity index (χ2n) is 4.13. The predicted molar refractivity (Wildman–Crippen MR) is 67.1 cm³/mol. The van der Waals surface area contributed by atoms with Crippen molar-refractivity contribution in [3.05, 3.63) is 30.3 Å². The van der Waals surface area contributed by atoms with Gasteiger partial charge in [0.25, 0.3) is 0 Å². The summed E-state index contributed by atoms with van der Waals surface area (Å²) < 4.78 is 5.22. The van der Waals surface area contributed by atoms with Gasteiger partial charge in [-0.25, -0.2) is 0 Å². The maximum absolute atomic E-state index is 11.6. The third-order valence-corrected chi connectivity index (χ3v) is 2.70. The van der Waals surface area contributed by atoms with Crippen molar-refractivity contribution >= 4 is 17.5 Å². The molecule has 2 N–H and O–H groups in total. The number of anilines is 1. The van der Waals surface area contributed by atoms with Crippen LogP contribution in [0, 0.1) is 0 Å². The minimum absolute atomic E-state index is 0.0341. The molecule has 2 rings (SSSR count). The van der Waals surface area contributed by atoms with E-state index in [2.05, 4.69) is 10.6 Å². The van der Waals surface area contributed by atoms with E-state index < -0.39 is 6.10 Å². The van der Waals surface area contributed by atoms with Crippen molar-refractivity contribution in [3.8, 4) is 0 Å². The van der Waals surface area contributed by atoms with Gasteiger partial charge in [0.1, 0.15) is 6.10 Å². The van der Waals surface area contributed by atoms with Gasteiger partial charge >= 0.3 is 0 Å². The molecule has 0 aromatic heterocycles. The summed E-state index contributed by atoms with van der Waals surface area (Å²) in [7, 11) is 0. The summed E-state index contributed by atoms with van der Waals surface area (Å²) in [6.45, 7) is 0.585. The van der Waals surface area contributed by atoms with Crippen LogP contribution in [-0.2, 0) is 14.3 Å². The molecule has 1 atom stereocenters. The van der Waals surface area contributed by atoms with E-state index >= 15 is 0 Å². The topological polar surface area (TPSA) is 67.4 Å². The number of benzene rings is 1. The van der Waals surface area contributed by atoms with Crippen molar-refractivity contribution in [2.45, 2.75) is 18.9 Å². The number of nitrogens with one attached hydrogen (secondary N) is 2. The molecule has 0 radical (unpaired) electrons. The Morgan fingerprint density at radius 1 is 1.28 bits per heavy atom. The first-order valence-corrected chi connectivity index (χ1v) is 6.00. The quantitative estimate of drug-likeness (QED) is 0.832. The van der Waals surface area contributed by atoms with Gasteiger partial charge in [0, 0.05) is 12.3 Å². The number of hydrogen-bond donors (Lipinski definition) is 2. The first-order chi connectivity index (χ1) is 8.75. The molecule has 2 amide bonds. The summed E-state index contributed by atoms with van der Waals surface area (Å²) in [6.07, 6.45) is 1.23. The van der Waals surface area contributed by atoms with Crippen molar-refractivity contribution in [1.82, 2.24) is 5.32 Å². The highest BCUT2D eigenvalue weighted by atomic mass is 16.5. The van der Waals surface area contributed by atoms with Gasteiger partial charge in [-0.05, 0) is 25.0 Å². The van der Waals surface area contributed by atoms with Crippen LogP contribution in [0.4, 0.5) is 5.69 Å². The largest absolute Gasteiger partial charge is 0.368 e. The van der Waals surface area contributed by atoms with Gasteiger partial charge in [0.2, 0.25) is 11.8 Å². The average molecular weight is 248 g/mol. The molecular formula is C13H16N2O3. The molecule has 0 bridgehead atoms. The van der Waals surface area contributed by atoms with Crippen LogP contribution >= 0.6 is 0 Å². The molecule has 5 nitrogen and oxygen atoms in total. The number of carbonyl (C=O) groups is 2. The lowest BCUT2D eigenvalue weighted by Crippen LogP contribution is -2.39. The molecule has 1 saturated heterocycles. The molecule has 1 aliphatic rings. The zero-order valence-corrected chi connectivity index (χ0v) is 10.0. The van der Waals surface area contributed by atoms with E-state index in [-0.39, 0.29) is 18.4 Å². The molecule has 1 heterocycles. The molecule has 0 spiro atoms. The van der Waals surface area contributed by atoms with Crippen molar-refractivity contribution in [1.29, 1.82) is 0 Å². The molecular weight excluding hydrogens is 232 g/mol. The summed E-state index contributed by atoms with van der Waals surface area (Å²) in [6, 6.07) is 9.12. The van der Waals surface area contributed by atoms with E-state index in [1.54, 1.807) is 12.1 Å². The van der Waals surface area contributed by atoms with Gasteiger partial charge in [-0.3, -0.25) is 9.59 Å². The highest BCUT2D eigenvalue weighted by Crippen LogP contribution is 2.11. The Hall–Kier alpha value is -1.88. The Morgan fingerprint density at radius 3 is 2.72 bits per heavy atom. The number of carbonyl (C=O) groups excluding carboxylic acids is 2. The van der Waals surface area contributed by atoms with Crippen molar-refractivity contribution in [2.75, 3.05) is 18.5 Å². The van der Waals surface area contributed by atoms with Crippen LogP contribution in [0.3, 0.4) is 0 Å². The Labute approximate surface area is 106 Å². The first-order valence-electron chi connectivity index (χ1n) is 6.00. The smallest absolute Gasteiger partial charge is 0.249 e. The Morgan fingerprint density at radius 2 is 2.06 bits per heavy atom. The number of amides is 2. The molecule has 0 saturated carbocycles. The van der Waals surface area contributed by atoms with Crippen LogP contribution in [0.2, 0.25) is 0 Å². The van der Waals surface area contributed by atoms with Gasteiger partial charge in [-0.1, -0.05) is 18.2 Å². The highest BCUT2D eigenvalue weighted by Gasteiger charge is 2.23. The second-order valence-corrected chi connectivity index (χ2v) is 4.13. The molecule has 96 valence electrons. The molecule has 18 heavy (non-hydrogen) atoms. The van der Waals surface area contributed by atoms with Crippen LogP contribution in [0.1, 0.15) is 12.8 Å². The third kappa shape index (κ3) is 3.56. The Kier molecular flexibility index (Phi) is 4.30. The number of rotatable bonds is 4. The average Bonchev–Trinajstić information content (AvgIpc) is 2.91. The minimum atomic E-state index is -0.394. The lowest BCUT2D eigenvalue weighted by Gasteiger charge is -2.10. The third-order valence-electron chi connectivity index (χ3n) is 2.70. The fraction of sp³-hybridized carbons (Fsp3) is 0.385. The van der Waals surface area contributed by atoms with E-state index in [1.807, 2.05) is 18.2 Å². The lowest BCUT2D eigenvalue weighted by molar-refractivity contribution is -0.131. The molecule has 1 aliphatic heterocycles. The normalized spacial score (nSPS) is 18.3. The van der Waals surface area contributed by atoms with Crippen molar-refractivity contribution in [2.24, 2.45) is 0 Å². The summed E-state index contributed by atoms with van der Waals surface area (Å²) in [4.78, 5) is 23.2. The molecule has 0 aliphatic carbocycles. The minimum Gasteiger partial charge on any atom is -0.368 e. The summed E-state index contributed by atoms with van der Waals surface area (Å²) in [5, 5.41) is 5.26. The van der Waals surface area contributed by atoms with E-state index in [0.29, 0.717) is 12.3 Å². The summed E-state index contributed by atoms with van der Waals surface area (Å²) in [5.74, 6) is -0.455. The van der Waals surface area contributed by atoms with E-state index in [1.165, 1.54) is 0 Å². The van der Waals surface area contributed by atoms with Crippen LogP contribution in [-0.4, -0.2) is 31.1 Å². The zero-order chi connectivity index (χ0) is 12.8. The van der Waals surface area contributed by atoms with E-state index in [9.17, 15) is 9.59 Å². The fourth-order valence-corrected chi connectivity index (χ4v) is 1.79. The van der Waals surface area contributed by atoms with Crippen LogP contribution in [0.5, 0.6) is 0 Å². The van der Waals surface area contributed by atoms with Gasteiger partial charge in [0.05, 0.1) is 6.54 Å². The summed E-state index contributed by atoms with van der Waals surface area (Å²) in [5.41, 5.74) is 0.717. The highest BCUT2D eigenvalue weighted by molar-refractivity contribution is 5.95. The van der Waals surface area contributed by atoms with Gasteiger partial charge < -0.3 is 15.4 Å². The van der Waals surface area contributed by atoms with Gasteiger partial charge in [-0.2, -0.15) is 0 Å². The molecule has 5 heteroatoms. The standard InChI is InChI=1S/C13H16N2O3/c16-12(15-10-5-2-1-3-6-10)9-14-13(17)11-7-4-8-18-11/h1-3,5-6,11H,4,7-9H2,(H,14,17)(H,15,16). The lowest BCUT2D eigenvalue weighted by atomic mass is 10.2. The van der Waals surface area contributed by atoms with Gasteiger partial charge in [0.15, 0.2) is 0 Å². The van der Waals surface area contributed by atoms with Crippen molar-refractivity contribution in [3.63, 3.8) is 0 Å². The zero-order valence-electron chi connectivity index (χ0n) is 10.0. The van der Waals surface area contributed by atoms with Crippen molar-refractivity contribution < 1.29 is 14.3 Å². The first kappa shape index (κ1) is 12.6. The summed E-state index contributed by atoms with van der Waals surface area (Å²) >= 11 is 0. The number of hydrogen-bond acceptors (Lipinski definition) is 3. The molecule has 1 aromatic rings. The maximum Gasteiger partial charge on any atom is 0.249 e. The maximum atomic E-state index is 11.6. The second kappa shape index (κ2) is 6.16. The Balaban J connectivity index is 1.73. The number of ether oxygens (including phenoxy) is 1. The van der Waals surface area contributed by atoms with E-state index in [4.69, 9.17) is 4.74 Å². The monoisotopic (exact) mass is 248 g/mol.